The Bertz CT molecular complexity index is 799. The number of rotatable bonds is 3. The number of carbonyl (C=O) groups excluding carboxylic acids is 2. The van der Waals surface area contributed by atoms with Gasteiger partial charge in [0.15, 0.2) is 5.76 Å². The number of nitrogens with zero attached hydrogens (tertiary/aromatic N) is 3. The van der Waals surface area contributed by atoms with Crippen LogP contribution in [0.5, 0.6) is 0 Å². The average molecular weight is 369 g/mol. The third kappa shape index (κ3) is 3.73. The molecule has 0 spiro atoms. The fourth-order valence-corrected chi connectivity index (χ4v) is 3.68. The molecule has 2 aliphatic heterocycles. The molecule has 7 nitrogen and oxygen atoms in total. The first-order chi connectivity index (χ1) is 13.2. The minimum absolute atomic E-state index is 0.0525. The summed E-state index contributed by atoms with van der Waals surface area (Å²) in [7, 11) is 0. The molecule has 1 atom stereocenters. The minimum Gasteiger partial charge on any atom is -0.368 e. The van der Waals surface area contributed by atoms with Crippen LogP contribution in [0.2, 0.25) is 0 Å². The average Bonchev–Trinajstić information content (AvgIpc) is 3.35. The summed E-state index contributed by atoms with van der Waals surface area (Å²) in [6, 6.07) is 9.48. The first-order valence-electron chi connectivity index (χ1n) is 9.44. The molecule has 2 fully saturated rings. The first-order valence-corrected chi connectivity index (χ1v) is 9.44. The zero-order valence-electron chi connectivity index (χ0n) is 15.2. The number of hydrogen-bond donors (Lipinski definition) is 0. The number of benzene rings is 1. The lowest BCUT2D eigenvalue weighted by molar-refractivity contribution is -0.140. The van der Waals surface area contributed by atoms with Crippen molar-refractivity contribution in [3.05, 3.63) is 42.1 Å². The predicted molar refractivity (Wildman–Crippen MR) is 98.0 cm³/mol. The molecule has 1 aromatic carbocycles. The standard InChI is InChI=1S/C20H23N3O4/c24-19(16-14-21-27-18(16)15-6-2-1-3-7-15)22-9-5-10-23(12-11-22)20(25)17-8-4-13-26-17/h1-3,6-7,14,17H,4-5,8-13H2. The normalized spacial score (nSPS) is 20.5. The lowest BCUT2D eigenvalue weighted by Crippen LogP contribution is -2.41. The third-order valence-electron chi connectivity index (χ3n) is 5.14. The summed E-state index contributed by atoms with van der Waals surface area (Å²) in [5.41, 5.74) is 1.28. The summed E-state index contributed by atoms with van der Waals surface area (Å²) >= 11 is 0. The molecule has 0 aliphatic carbocycles. The van der Waals surface area contributed by atoms with Crippen LogP contribution in [0.3, 0.4) is 0 Å². The van der Waals surface area contributed by atoms with Crippen LogP contribution in [0, 0.1) is 0 Å². The summed E-state index contributed by atoms with van der Waals surface area (Å²) in [4.78, 5) is 29.2. The molecule has 7 heteroatoms. The third-order valence-corrected chi connectivity index (χ3v) is 5.14. The molecule has 2 amide bonds. The van der Waals surface area contributed by atoms with Crippen molar-refractivity contribution in [3.63, 3.8) is 0 Å². The Morgan fingerprint density at radius 3 is 2.56 bits per heavy atom. The molecule has 0 saturated carbocycles. The summed E-state index contributed by atoms with van der Waals surface area (Å²) in [6.45, 7) is 2.93. The van der Waals surface area contributed by atoms with Crippen molar-refractivity contribution in [2.45, 2.75) is 25.4 Å². The summed E-state index contributed by atoms with van der Waals surface area (Å²) in [5, 5.41) is 3.83. The van der Waals surface area contributed by atoms with E-state index in [1.807, 2.05) is 35.2 Å². The number of amides is 2. The van der Waals surface area contributed by atoms with Crippen molar-refractivity contribution in [2.24, 2.45) is 0 Å². The number of ether oxygens (including phenoxy) is 1. The monoisotopic (exact) mass is 369 g/mol. The molecule has 3 heterocycles. The minimum atomic E-state index is -0.310. The SMILES string of the molecule is O=C(c1cnoc1-c1ccccc1)N1CCCN(C(=O)C2CCCO2)CC1. The quantitative estimate of drug-likeness (QED) is 0.829. The van der Waals surface area contributed by atoms with Gasteiger partial charge in [-0.15, -0.1) is 0 Å². The lowest BCUT2D eigenvalue weighted by atomic mass is 10.1. The van der Waals surface area contributed by atoms with Gasteiger partial charge in [0.05, 0.1) is 6.20 Å². The molecule has 0 bridgehead atoms. The van der Waals surface area contributed by atoms with Gasteiger partial charge in [-0.3, -0.25) is 9.59 Å². The first kappa shape index (κ1) is 17.7. The van der Waals surface area contributed by atoms with Gasteiger partial charge in [0, 0.05) is 38.3 Å². The zero-order chi connectivity index (χ0) is 18.6. The smallest absolute Gasteiger partial charge is 0.259 e. The molecule has 2 saturated heterocycles. The highest BCUT2D eigenvalue weighted by atomic mass is 16.5. The Morgan fingerprint density at radius 2 is 1.78 bits per heavy atom. The lowest BCUT2D eigenvalue weighted by Gasteiger charge is -2.24. The van der Waals surface area contributed by atoms with Crippen LogP contribution < -0.4 is 0 Å². The summed E-state index contributed by atoms with van der Waals surface area (Å²) in [6.07, 6.45) is 3.64. The van der Waals surface area contributed by atoms with Crippen LogP contribution in [0.4, 0.5) is 0 Å². The van der Waals surface area contributed by atoms with E-state index in [0.717, 1.165) is 24.8 Å². The Kier molecular flexibility index (Phi) is 5.20. The molecule has 2 aromatic rings. The molecular weight excluding hydrogens is 346 g/mol. The van der Waals surface area contributed by atoms with Gasteiger partial charge < -0.3 is 19.1 Å². The van der Waals surface area contributed by atoms with Crippen molar-refractivity contribution in [1.82, 2.24) is 15.0 Å². The molecular formula is C20H23N3O4. The van der Waals surface area contributed by atoms with Crippen molar-refractivity contribution in [3.8, 4) is 11.3 Å². The van der Waals surface area contributed by atoms with E-state index in [9.17, 15) is 9.59 Å². The highest BCUT2D eigenvalue weighted by molar-refractivity contribution is 5.99. The van der Waals surface area contributed by atoms with Gasteiger partial charge in [-0.2, -0.15) is 0 Å². The summed E-state index contributed by atoms with van der Waals surface area (Å²) in [5.74, 6) is 0.426. The largest absolute Gasteiger partial charge is 0.368 e. The van der Waals surface area contributed by atoms with E-state index in [-0.39, 0.29) is 17.9 Å². The maximum Gasteiger partial charge on any atom is 0.259 e. The Balaban J connectivity index is 1.45. The maximum absolute atomic E-state index is 13.0. The van der Waals surface area contributed by atoms with E-state index >= 15 is 0 Å². The Morgan fingerprint density at radius 1 is 1.00 bits per heavy atom. The van der Waals surface area contributed by atoms with Crippen LogP contribution in [0.1, 0.15) is 29.6 Å². The molecule has 0 radical (unpaired) electrons. The van der Waals surface area contributed by atoms with Crippen molar-refractivity contribution in [2.75, 3.05) is 32.8 Å². The van der Waals surface area contributed by atoms with Gasteiger partial charge in [-0.1, -0.05) is 35.5 Å². The van der Waals surface area contributed by atoms with Gasteiger partial charge in [-0.05, 0) is 19.3 Å². The van der Waals surface area contributed by atoms with E-state index in [1.54, 1.807) is 4.90 Å². The molecule has 27 heavy (non-hydrogen) atoms. The fraction of sp³-hybridized carbons (Fsp3) is 0.450. The van der Waals surface area contributed by atoms with Gasteiger partial charge >= 0.3 is 0 Å². The highest BCUT2D eigenvalue weighted by Gasteiger charge is 2.31. The molecule has 0 N–H and O–H groups in total. The van der Waals surface area contributed by atoms with Crippen molar-refractivity contribution >= 4 is 11.8 Å². The van der Waals surface area contributed by atoms with Crippen LogP contribution in [0.15, 0.2) is 41.1 Å². The van der Waals surface area contributed by atoms with Gasteiger partial charge in [-0.25, -0.2) is 0 Å². The molecule has 4 rings (SSSR count). The summed E-state index contributed by atoms with van der Waals surface area (Å²) < 4.78 is 10.9. The molecule has 1 aromatic heterocycles. The van der Waals surface area contributed by atoms with Crippen LogP contribution >= 0.6 is 0 Å². The fourth-order valence-electron chi connectivity index (χ4n) is 3.68. The van der Waals surface area contributed by atoms with Gasteiger partial charge in [0.1, 0.15) is 11.7 Å². The van der Waals surface area contributed by atoms with Crippen molar-refractivity contribution in [1.29, 1.82) is 0 Å². The number of hydrogen-bond acceptors (Lipinski definition) is 5. The molecule has 1 unspecified atom stereocenters. The second kappa shape index (κ2) is 7.92. The number of aromatic nitrogens is 1. The van der Waals surface area contributed by atoms with E-state index in [4.69, 9.17) is 9.26 Å². The van der Waals surface area contributed by atoms with E-state index in [1.165, 1.54) is 6.20 Å². The Hall–Kier alpha value is -2.67. The number of carbonyl (C=O) groups is 2. The second-order valence-corrected chi connectivity index (χ2v) is 6.91. The van der Waals surface area contributed by atoms with E-state index in [0.29, 0.717) is 44.1 Å². The highest BCUT2D eigenvalue weighted by Crippen LogP contribution is 2.25. The maximum atomic E-state index is 13.0. The van der Waals surface area contributed by atoms with Crippen LogP contribution in [-0.2, 0) is 9.53 Å². The van der Waals surface area contributed by atoms with Crippen molar-refractivity contribution < 1.29 is 18.8 Å². The van der Waals surface area contributed by atoms with Gasteiger partial charge in [0.25, 0.3) is 11.8 Å². The molecule has 2 aliphatic rings. The molecule has 142 valence electrons. The van der Waals surface area contributed by atoms with Gasteiger partial charge in [0.2, 0.25) is 0 Å². The predicted octanol–water partition coefficient (Wildman–Crippen LogP) is 2.20. The van der Waals surface area contributed by atoms with E-state index < -0.39 is 0 Å². The van der Waals surface area contributed by atoms with Crippen LogP contribution in [0.25, 0.3) is 11.3 Å². The zero-order valence-corrected chi connectivity index (χ0v) is 15.2. The van der Waals surface area contributed by atoms with Crippen LogP contribution in [-0.4, -0.2) is 65.7 Å². The van der Waals surface area contributed by atoms with E-state index in [2.05, 4.69) is 5.16 Å². The Labute approximate surface area is 157 Å². The second-order valence-electron chi connectivity index (χ2n) is 6.91. The topological polar surface area (TPSA) is 75.9 Å².